The van der Waals surface area contributed by atoms with Gasteiger partial charge in [-0.1, -0.05) is 12.1 Å². The summed E-state index contributed by atoms with van der Waals surface area (Å²) in [6, 6.07) is 9.48. The molecule has 2 amide bonds. The van der Waals surface area contributed by atoms with Gasteiger partial charge in [0.25, 0.3) is 5.91 Å². The van der Waals surface area contributed by atoms with E-state index in [1.165, 1.54) is 30.5 Å². The molecule has 1 aromatic carbocycles. The van der Waals surface area contributed by atoms with Crippen LogP contribution >= 0.6 is 0 Å². The number of likely N-dealkylation sites (tertiary alicyclic amines) is 1. The minimum atomic E-state index is -0.576. The number of primary amides is 1. The molecule has 5 nitrogen and oxygen atoms in total. The monoisotopic (exact) mass is 327 g/mol. The largest absolute Gasteiger partial charge is 0.366 e. The van der Waals surface area contributed by atoms with Crippen LogP contribution in [-0.4, -0.2) is 34.3 Å². The second-order valence-corrected chi connectivity index (χ2v) is 6.09. The van der Waals surface area contributed by atoms with Crippen LogP contribution in [0.3, 0.4) is 0 Å². The van der Waals surface area contributed by atoms with Crippen LogP contribution in [0.15, 0.2) is 42.6 Å². The zero-order valence-electron chi connectivity index (χ0n) is 13.3. The van der Waals surface area contributed by atoms with Gasteiger partial charge in [-0.15, -0.1) is 0 Å². The lowest BCUT2D eigenvalue weighted by Crippen LogP contribution is -2.34. The first-order chi connectivity index (χ1) is 11.5. The number of halogens is 1. The van der Waals surface area contributed by atoms with Gasteiger partial charge in [0.2, 0.25) is 5.91 Å². The molecule has 0 aliphatic carbocycles. The van der Waals surface area contributed by atoms with Gasteiger partial charge in [-0.25, -0.2) is 4.39 Å². The number of benzene rings is 1. The summed E-state index contributed by atoms with van der Waals surface area (Å²) in [6.45, 7) is 2.55. The van der Waals surface area contributed by atoms with Crippen molar-refractivity contribution in [3.8, 4) is 0 Å². The predicted octanol–water partition coefficient (Wildman–Crippen LogP) is 2.34. The van der Waals surface area contributed by atoms with E-state index in [9.17, 15) is 14.0 Å². The SMILES string of the molecule is CC1CC(c2ccc(F)cc2)CN1C(=O)c1ccc(C(N)=O)cn1. The number of nitrogens with two attached hydrogens (primary N) is 1. The highest BCUT2D eigenvalue weighted by Crippen LogP contribution is 2.32. The van der Waals surface area contributed by atoms with Gasteiger partial charge in [-0.2, -0.15) is 0 Å². The molecule has 0 radical (unpaired) electrons. The van der Waals surface area contributed by atoms with Crippen LogP contribution in [0.5, 0.6) is 0 Å². The van der Waals surface area contributed by atoms with Gasteiger partial charge in [0.15, 0.2) is 0 Å². The number of aromatic nitrogens is 1. The normalized spacial score (nSPS) is 20.2. The summed E-state index contributed by atoms with van der Waals surface area (Å²) in [5.74, 6) is -0.846. The van der Waals surface area contributed by atoms with E-state index in [0.717, 1.165) is 12.0 Å². The van der Waals surface area contributed by atoms with Gasteiger partial charge >= 0.3 is 0 Å². The molecule has 24 heavy (non-hydrogen) atoms. The summed E-state index contributed by atoms with van der Waals surface area (Å²) >= 11 is 0. The van der Waals surface area contributed by atoms with Gasteiger partial charge in [-0.05, 0) is 43.2 Å². The van der Waals surface area contributed by atoms with E-state index < -0.39 is 5.91 Å². The van der Waals surface area contributed by atoms with E-state index in [2.05, 4.69) is 4.98 Å². The third-order valence-electron chi connectivity index (χ3n) is 4.44. The van der Waals surface area contributed by atoms with Crippen LogP contribution in [0.25, 0.3) is 0 Å². The van der Waals surface area contributed by atoms with Gasteiger partial charge in [0.05, 0.1) is 5.56 Å². The van der Waals surface area contributed by atoms with Crippen LogP contribution in [0.4, 0.5) is 4.39 Å². The molecule has 0 bridgehead atoms. The average molecular weight is 327 g/mol. The van der Waals surface area contributed by atoms with E-state index >= 15 is 0 Å². The maximum atomic E-state index is 13.1. The molecule has 1 aromatic heterocycles. The Morgan fingerprint density at radius 3 is 2.50 bits per heavy atom. The second-order valence-electron chi connectivity index (χ2n) is 6.09. The molecule has 1 saturated heterocycles. The molecule has 2 aromatic rings. The Hall–Kier alpha value is -2.76. The number of hydrogen-bond donors (Lipinski definition) is 1. The topological polar surface area (TPSA) is 76.3 Å². The Morgan fingerprint density at radius 1 is 1.21 bits per heavy atom. The lowest BCUT2D eigenvalue weighted by atomic mass is 9.97. The van der Waals surface area contributed by atoms with Gasteiger partial charge in [0, 0.05) is 24.7 Å². The van der Waals surface area contributed by atoms with Crippen molar-refractivity contribution in [1.82, 2.24) is 9.88 Å². The Bertz CT molecular complexity index is 759. The van der Waals surface area contributed by atoms with E-state index in [4.69, 9.17) is 5.73 Å². The third-order valence-corrected chi connectivity index (χ3v) is 4.44. The second kappa shape index (κ2) is 6.39. The number of carbonyl (C=O) groups excluding carboxylic acids is 2. The zero-order chi connectivity index (χ0) is 17.3. The highest BCUT2D eigenvalue weighted by molar-refractivity contribution is 5.95. The number of hydrogen-bond acceptors (Lipinski definition) is 3. The van der Waals surface area contributed by atoms with Crippen LogP contribution < -0.4 is 5.73 Å². The highest BCUT2D eigenvalue weighted by Gasteiger charge is 2.34. The number of nitrogens with zero attached hydrogens (tertiary/aromatic N) is 2. The fourth-order valence-electron chi connectivity index (χ4n) is 3.10. The molecule has 124 valence electrons. The minimum Gasteiger partial charge on any atom is -0.366 e. The van der Waals surface area contributed by atoms with E-state index in [0.29, 0.717) is 6.54 Å². The van der Waals surface area contributed by atoms with Crippen molar-refractivity contribution in [1.29, 1.82) is 0 Å². The highest BCUT2D eigenvalue weighted by atomic mass is 19.1. The molecule has 6 heteroatoms. The van der Waals surface area contributed by atoms with Crippen LogP contribution in [0.2, 0.25) is 0 Å². The first-order valence-electron chi connectivity index (χ1n) is 7.78. The summed E-state index contributed by atoms with van der Waals surface area (Å²) in [4.78, 5) is 29.5. The molecule has 2 atom stereocenters. The summed E-state index contributed by atoms with van der Waals surface area (Å²) in [6.07, 6.45) is 2.13. The molecule has 0 saturated carbocycles. The van der Waals surface area contributed by atoms with Crippen molar-refractivity contribution < 1.29 is 14.0 Å². The third kappa shape index (κ3) is 3.13. The van der Waals surface area contributed by atoms with Gasteiger partial charge in [-0.3, -0.25) is 14.6 Å². The molecule has 2 N–H and O–H groups in total. The predicted molar refractivity (Wildman–Crippen MR) is 87.0 cm³/mol. The van der Waals surface area contributed by atoms with Crippen LogP contribution in [0.1, 0.15) is 45.7 Å². The van der Waals surface area contributed by atoms with Crippen molar-refractivity contribution in [3.63, 3.8) is 0 Å². The smallest absolute Gasteiger partial charge is 0.272 e. The molecular weight excluding hydrogens is 309 g/mol. The summed E-state index contributed by atoms with van der Waals surface area (Å²) < 4.78 is 13.1. The number of carbonyl (C=O) groups is 2. The zero-order valence-corrected chi connectivity index (χ0v) is 13.3. The lowest BCUT2D eigenvalue weighted by Gasteiger charge is -2.21. The molecule has 2 unspecified atom stereocenters. The molecule has 3 rings (SSSR count). The van der Waals surface area contributed by atoms with Crippen LogP contribution in [0, 0.1) is 5.82 Å². The number of amides is 2. The standard InChI is InChI=1S/C18H18FN3O2/c1-11-8-14(12-2-5-15(19)6-3-12)10-22(11)18(24)16-7-4-13(9-21-16)17(20)23/h2-7,9,11,14H,8,10H2,1H3,(H2,20,23). The van der Waals surface area contributed by atoms with Gasteiger partial charge < -0.3 is 10.6 Å². The first kappa shape index (κ1) is 16.1. The van der Waals surface area contributed by atoms with Crippen molar-refractivity contribution in [2.75, 3.05) is 6.54 Å². The Balaban J connectivity index is 1.75. The molecule has 0 spiro atoms. The fourth-order valence-corrected chi connectivity index (χ4v) is 3.10. The molecule has 1 fully saturated rings. The quantitative estimate of drug-likeness (QED) is 0.940. The van der Waals surface area contributed by atoms with Crippen LogP contribution in [-0.2, 0) is 0 Å². The Labute approximate surface area is 139 Å². The summed E-state index contributed by atoms with van der Waals surface area (Å²) in [5, 5.41) is 0. The maximum absolute atomic E-state index is 13.1. The van der Waals surface area contributed by atoms with Gasteiger partial charge in [0.1, 0.15) is 11.5 Å². The van der Waals surface area contributed by atoms with Crippen molar-refractivity contribution in [3.05, 3.63) is 65.2 Å². The molecule has 1 aliphatic heterocycles. The number of rotatable bonds is 3. The van der Waals surface area contributed by atoms with E-state index in [1.54, 1.807) is 17.0 Å². The van der Waals surface area contributed by atoms with Crippen molar-refractivity contribution >= 4 is 11.8 Å². The lowest BCUT2D eigenvalue weighted by molar-refractivity contribution is 0.0739. The summed E-state index contributed by atoms with van der Waals surface area (Å²) in [7, 11) is 0. The first-order valence-corrected chi connectivity index (χ1v) is 7.78. The fraction of sp³-hybridized carbons (Fsp3) is 0.278. The minimum absolute atomic E-state index is 0.0603. The molecule has 1 aliphatic rings. The van der Waals surface area contributed by atoms with E-state index in [-0.39, 0.29) is 34.9 Å². The average Bonchev–Trinajstić information content (AvgIpc) is 2.96. The Kier molecular flexibility index (Phi) is 4.29. The van der Waals surface area contributed by atoms with E-state index in [1.807, 2.05) is 6.92 Å². The number of pyridine rings is 1. The maximum Gasteiger partial charge on any atom is 0.272 e. The molecular formula is C18H18FN3O2. The Morgan fingerprint density at radius 2 is 1.92 bits per heavy atom. The van der Waals surface area contributed by atoms with Crippen molar-refractivity contribution in [2.45, 2.75) is 25.3 Å². The van der Waals surface area contributed by atoms with Crippen molar-refractivity contribution in [2.24, 2.45) is 5.73 Å². The summed E-state index contributed by atoms with van der Waals surface area (Å²) in [5.41, 5.74) is 6.75. The molecule has 2 heterocycles.